The lowest BCUT2D eigenvalue weighted by Crippen LogP contribution is -2.38. The molecular weight excluding hydrogens is 560 g/mol. The predicted molar refractivity (Wildman–Crippen MR) is 146 cm³/mol. The van der Waals surface area contributed by atoms with Gasteiger partial charge in [-0.2, -0.15) is 0 Å². The highest BCUT2D eigenvalue weighted by Gasteiger charge is 2.13. The van der Waals surface area contributed by atoms with E-state index in [9.17, 15) is 12.3 Å². The lowest BCUT2D eigenvalue weighted by atomic mass is 10.0. The molecule has 6 nitrogen and oxygen atoms in total. The standard InChI is InChI=1S/C27H39FIN3O3/c1-3-4-5-9-16-35-27-19-24(17-25(28)20-27)18-26(31-22(2)33)12-13-30-14-15-32(29-34)21-23-10-7-6-8-11-23/h6-8,10-11,17,19-20,26,30H,3-5,9,12-16,18,21H2,1-2H3,(H,31,33)/t26-/m1/s1. The number of rotatable bonds is 18. The lowest BCUT2D eigenvalue weighted by molar-refractivity contribution is -0.119. The van der Waals surface area contributed by atoms with Gasteiger partial charge >= 0.3 is 0 Å². The molecule has 0 saturated carbocycles. The Balaban J connectivity index is 1.80. The fraction of sp³-hybridized carbons (Fsp3) is 0.519. The van der Waals surface area contributed by atoms with Crippen LogP contribution in [0, 0.1) is 5.82 Å². The van der Waals surface area contributed by atoms with Crippen molar-refractivity contribution >= 4 is 27.4 Å². The van der Waals surface area contributed by atoms with E-state index in [1.807, 2.05) is 39.5 Å². The highest BCUT2D eigenvalue weighted by atomic mass is 127. The molecule has 0 fully saturated rings. The molecule has 35 heavy (non-hydrogen) atoms. The van der Waals surface area contributed by atoms with Crippen molar-refractivity contribution in [2.75, 3.05) is 26.2 Å². The minimum Gasteiger partial charge on any atom is -0.493 e. The molecule has 2 aromatic carbocycles. The monoisotopic (exact) mass is 599 g/mol. The number of nitrogens with zero attached hydrogens (tertiary/aromatic N) is 1. The van der Waals surface area contributed by atoms with Crippen molar-refractivity contribution < 1.29 is 17.0 Å². The van der Waals surface area contributed by atoms with Gasteiger partial charge in [0, 0.05) is 38.7 Å². The van der Waals surface area contributed by atoms with Crippen LogP contribution in [0.4, 0.5) is 4.39 Å². The zero-order chi connectivity index (χ0) is 25.3. The Kier molecular flexibility index (Phi) is 14.7. The van der Waals surface area contributed by atoms with E-state index in [0.29, 0.717) is 51.4 Å². The average molecular weight is 600 g/mol. The molecule has 1 atom stereocenters. The molecule has 0 heterocycles. The highest BCUT2D eigenvalue weighted by Crippen LogP contribution is 2.19. The number of benzene rings is 2. The lowest BCUT2D eigenvalue weighted by Gasteiger charge is -2.20. The summed E-state index contributed by atoms with van der Waals surface area (Å²) in [5.41, 5.74) is 1.95. The molecule has 0 aliphatic carbocycles. The fourth-order valence-electron chi connectivity index (χ4n) is 3.86. The molecule has 0 spiro atoms. The first-order valence-electron chi connectivity index (χ1n) is 12.5. The van der Waals surface area contributed by atoms with Crippen molar-refractivity contribution in [3.05, 3.63) is 65.5 Å². The Morgan fingerprint density at radius 3 is 2.60 bits per heavy atom. The number of carbonyl (C=O) groups is 1. The van der Waals surface area contributed by atoms with Gasteiger partial charge in [0.05, 0.1) is 6.61 Å². The Bertz CT molecular complexity index is 885. The highest BCUT2D eigenvalue weighted by molar-refractivity contribution is 14.1. The van der Waals surface area contributed by atoms with Crippen LogP contribution in [0.25, 0.3) is 0 Å². The summed E-state index contributed by atoms with van der Waals surface area (Å²) < 4.78 is 33.5. The Hall–Kier alpha value is -1.91. The van der Waals surface area contributed by atoms with Crippen LogP contribution in [0.5, 0.6) is 5.75 Å². The van der Waals surface area contributed by atoms with Crippen LogP contribution in [-0.4, -0.2) is 41.3 Å². The maximum atomic E-state index is 14.2. The van der Waals surface area contributed by atoms with Gasteiger partial charge in [0.15, 0.2) is 0 Å². The first kappa shape index (κ1) is 29.3. The van der Waals surface area contributed by atoms with Crippen LogP contribution in [-0.2, 0) is 20.8 Å². The Morgan fingerprint density at radius 1 is 1.09 bits per heavy atom. The largest absolute Gasteiger partial charge is 0.493 e. The van der Waals surface area contributed by atoms with Gasteiger partial charge in [-0.1, -0.05) is 56.5 Å². The van der Waals surface area contributed by atoms with Crippen molar-refractivity contribution in [1.82, 2.24) is 13.7 Å². The minimum absolute atomic E-state index is 0.107. The summed E-state index contributed by atoms with van der Waals surface area (Å²) in [6, 6.07) is 14.7. The molecule has 2 rings (SSSR count). The SMILES string of the molecule is CCCCCCOc1cc(F)cc(C[C@@H](CCNCCN(Cc2ccccc2)I=O)NC(C)=O)c1. The summed E-state index contributed by atoms with van der Waals surface area (Å²) in [6.07, 6.45) is 5.63. The van der Waals surface area contributed by atoms with Gasteiger partial charge in [0.25, 0.3) is 0 Å². The molecule has 194 valence electrons. The molecule has 0 aromatic heterocycles. The zero-order valence-corrected chi connectivity index (χ0v) is 23.1. The average Bonchev–Trinajstić information content (AvgIpc) is 2.83. The number of nitrogens with one attached hydrogen (secondary N) is 2. The quantitative estimate of drug-likeness (QED) is 0.134. The molecule has 0 saturated heterocycles. The Labute approximate surface area is 220 Å². The van der Waals surface area contributed by atoms with Crippen LogP contribution >= 0.6 is 21.5 Å². The summed E-state index contributed by atoms with van der Waals surface area (Å²) >= 11 is -1.24. The molecule has 2 N–H and O–H groups in total. The van der Waals surface area contributed by atoms with Crippen molar-refractivity contribution in [2.24, 2.45) is 0 Å². The Morgan fingerprint density at radius 2 is 1.89 bits per heavy atom. The number of carbonyl (C=O) groups excluding carboxylic acids is 1. The predicted octanol–water partition coefficient (Wildman–Crippen LogP) is 5.55. The van der Waals surface area contributed by atoms with E-state index in [0.717, 1.165) is 30.4 Å². The minimum atomic E-state index is -1.24. The molecule has 2 aromatic rings. The molecule has 8 heteroatoms. The van der Waals surface area contributed by atoms with E-state index in [1.165, 1.54) is 25.5 Å². The van der Waals surface area contributed by atoms with Gasteiger partial charge in [0.2, 0.25) is 27.4 Å². The molecule has 0 bridgehead atoms. The van der Waals surface area contributed by atoms with E-state index >= 15 is 0 Å². The van der Waals surface area contributed by atoms with Crippen LogP contribution in [0.2, 0.25) is 0 Å². The van der Waals surface area contributed by atoms with E-state index in [4.69, 9.17) is 4.74 Å². The van der Waals surface area contributed by atoms with Gasteiger partial charge in [-0.05, 0) is 49.1 Å². The summed E-state index contributed by atoms with van der Waals surface area (Å²) in [5.74, 6) is 0.102. The number of unbranched alkanes of at least 4 members (excludes halogenated alkanes) is 3. The first-order valence-corrected chi connectivity index (χ1v) is 14.3. The molecule has 0 radical (unpaired) electrons. The van der Waals surface area contributed by atoms with Gasteiger partial charge in [0.1, 0.15) is 11.6 Å². The first-order chi connectivity index (χ1) is 17.0. The number of ether oxygens (including phenoxy) is 1. The molecule has 1 amide bonds. The second-order valence-corrected chi connectivity index (χ2v) is 10.5. The van der Waals surface area contributed by atoms with Gasteiger partial charge < -0.3 is 15.4 Å². The van der Waals surface area contributed by atoms with Crippen LogP contribution < -0.4 is 15.4 Å². The van der Waals surface area contributed by atoms with Crippen molar-refractivity contribution in [3.8, 4) is 5.75 Å². The van der Waals surface area contributed by atoms with Crippen LogP contribution in [0.15, 0.2) is 48.5 Å². The second-order valence-electron chi connectivity index (χ2n) is 8.74. The van der Waals surface area contributed by atoms with Crippen LogP contribution in [0.3, 0.4) is 0 Å². The summed E-state index contributed by atoms with van der Waals surface area (Å²) in [4.78, 5) is 11.7. The summed E-state index contributed by atoms with van der Waals surface area (Å²) in [5, 5.41) is 6.36. The van der Waals surface area contributed by atoms with Gasteiger partial charge in [-0.3, -0.25) is 7.86 Å². The fourth-order valence-corrected chi connectivity index (χ4v) is 4.83. The third-order valence-corrected chi connectivity index (χ3v) is 6.96. The van der Waals surface area contributed by atoms with Crippen LogP contribution in [0.1, 0.15) is 57.1 Å². The smallest absolute Gasteiger partial charge is 0.240 e. The van der Waals surface area contributed by atoms with E-state index in [2.05, 4.69) is 17.6 Å². The van der Waals surface area contributed by atoms with E-state index < -0.39 is 21.5 Å². The topological polar surface area (TPSA) is 70.7 Å². The van der Waals surface area contributed by atoms with Crippen molar-refractivity contribution in [1.29, 1.82) is 0 Å². The molecule has 0 aliphatic rings. The van der Waals surface area contributed by atoms with E-state index in [-0.39, 0.29) is 17.8 Å². The van der Waals surface area contributed by atoms with Gasteiger partial charge in [-0.25, -0.2) is 7.50 Å². The van der Waals surface area contributed by atoms with Gasteiger partial charge in [-0.15, -0.1) is 0 Å². The number of hydrogen-bond acceptors (Lipinski definition) is 4. The third kappa shape index (κ3) is 13.1. The number of amides is 1. The number of hydrogen-bond donors (Lipinski definition) is 2. The van der Waals surface area contributed by atoms with Crippen molar-refractivity contribution in [3.63, 3.8) is 0 Å². The molecule has 0 unspecified atom stereocenters. The second kappa shape index (κ2) is 17.5. The number of halogens is 2. The molecule has 0 aliphatic heterocycles. The summed E-state index contributed by atoms with van der Waals surface area (Å²) in [6.45, 7) is 7.00. The third-order valence-electron chi connectivity index (χ3n) is 5.58. The van der Waals surface area contributed by atoms with Crippen molar-refractivity contribution in [2.45, 2.75) is 65.0 Å². The summed E-state index contributed by atoms with van der Waals surface area (Å²) in [7, 11) is 0. The van der Waals surface area contributed by atoms with E-state index in [1.54, 1.807) is 0 Å². The molecular formula is C27H39FIN3O3. The maximum absolute atomic E-state index is 14.2. The normalized spacial score (nSPS) is 12.0. The maximum Gasteiger partial charge on any atom is 0.240 e. The zero-order valence-electron chi connectivity index (χ0n) is 20.9.